The number of fused-ring (bicyclic) bond motifs is 1. The maximum Gasteiger partial charge on any atom is 0.267 e. The Kier molecular flexibility index (Phi) is 8.25. The summed E-state index contributed by atoms with van der Waals surface area (Å²) in [6, 6.07) is 11.6. The molecule has 0 fully saturated rings. The lowest BCUT2D eigenvalue weighted by Gasteiger charge is -2.31. The van der Waals surface area contributed by atoms with E-state index in [1.54, 1.807) is 19.9 Å². The molecule has 0 saturated carbocycles. The number of aliphatic imine (C=N–C) groups is 1. The van der Waals surface area contributed by atoms with Gasteiger partial charge in [-0.05, 0) is 56.2 Å². The number of hydrogen-bond donors (Lipinski definition) is 3. The van der Waals surface area contributed by atoms with Gasteiger partial charge >= 0.3 is 0 Å². The number of rotatable bonds is 9. The van der Waals surface area contributed by atoms with Gasteiger partial charge in [0.25, 0.3) is 5.91 Å². The molecule has 9 heteroatoms. The van der Waals surface area contributed by atoms with E-state index >= 15 is 0 Å². The number of ether oxygens (including phenoxy) is 1. The van der Waals surface area contributed by atoms with Crippen molar-refractivity contribution in [3.8, 4) is 5.75 Å². The first-order chi connectivity index (χ1) is 16.7. The molecule has 0 radical (unpaired) electrons. The number of halogens is 1. The molecule has 5 N–H and O–H groups in total. The van der Waals surface area contributed by atoms with Crippen molar-refractivity contribution >= 4 is 34.6 Å². The van der Waals surface area contributed by atoms with Crippen LogP contribution in [0.2, 0.25) is 0 Å². The first-order valence-electron chi connectivity index (χ1n) is 11.3. The minimum atomic E-state index is -0.700. The van der Waals surface area contributed by atoms with Crippen LogP contribution in [-0.2, 0) is 9.59 Å². The molecule has 35 heavy (non-hydrogen) atoms. The van der Waals surface area contributed by atoms with E-state index in [4.69, 9.17) is 16.2 Å². The molecule has 0 aliphatic carbocycles. The summed E-state index contributed by atoms with van der Waals surface area (Å²) in [5, 5.41) is 2.90. The molecule has 2 aromatic carbocycles. The predicted molar refractivity (Wildman–Crippen MR) is 136 cm³/mol. The van der Waals surface area contributed by atoms with Gasteiger partial charge < -0.3 is 26.4 Å². The number of benzene rings is 2. The fourth-order valence-corrected chi connectivity index (χ4v) is 3.64. The normalized spacial score (nSPS) is 15.2. The Balaban J connectivity index is 1.89. The first-order valence-corrected chi connectivity index (χ1v) is 11.3. The van der Waals surface area contributed by atoms with Gasteiger partial charge in [0.2, 0.25) is 5.91 Å². The number of allylic oxidation sites excluding steroid dienone is 2. The monoisotopic (exact) mass is 479 g/mol. The van der Waals surface area contributed by atoms with Gasteiger partial charge in [-0.3, -0.25) is 9.59 Å². The third kappa shape index (κ3) is 6.47. The van der Waals surface area contributed by atoms with Gasteiger partial charge in [0.15, 0.2) is 0 Å². The van der Waals surface area contributed by atoms with Gasteiger partial charge in [-0.2, -0.15) is 0 Å². The van der Waals surface area contributed by atoms with Crippen LogP contribution in [0, 0.1) is 5.82 Å². The molecule has 0 bridgehead atoms. The van der Waals surface area contributed by atoms with Crippen LogP contribution in [0.1, 0.15) is 32.8 Å². The van der Waals surface area contributed by atoms with Gasteiger partial charge in [-0.25, -0.2) is 9.38 Å². The molecule has 0 aromatic heterocycles. The third-order valence-corrected chi connectivity index (χ3v) is 5.37. The molecular formula is C26H30FN5O3. The lowest BCUT2D eigenvalue weighted by Crippen LogP contribution is -2.38. The lowest BCUT2D eigenvalue weighted by atomic mass is 10.1. The van der Waals surface area contributed by atoms with Crippen LogP contribution in [-0.4, -0.2) is 36.7 Å². The second kappa shape index (κ2) is 11.3. The van der Waals surface area contributed by atoms with E-state index in [1.165, 1.54) is 18.2 Å². The average molecular weight is 480 g/mol. The van der Waals surface area contributed by atoms with E-state index in [2.05, 4.69) is 15.2 Å². The fraction of sp³-hybridized carbons (Fsp3) is 0.269. The van der Waals surface area contributed by atoms with E-state index < -0.39 is 17.9 Å². The van der Waals surface area contributed by atoms with Crippen molar-refractivity contribution in [1.29, 1.82) is 0 Å². The number of amides is 2. The summed E-state index contributed by atoms with van der Waals surface area (Å²) in [5.41, 5.74) is 14.5. The van der Waals surface area contributed by atoms with Crippen molar-refractivity contribution in [2.24, 2.45) is 16.5 Å². The summed E-state index contributed by atoms with van der Waals surface area (Å²) in [7, 11) is 0. The highest BCUT2D eigenvalue weighted by molar-refractivity contribution is 6.43. The van der Waals surface area contributed by atoms with Gasteiger partial charge in [0.1, 0.15) is 29.9 Å². The van der Waals surface area contributed by atoms with Crippen molar-refractivity contribution < 1.29 is 18.7 Å². The van der Waals surface area contributed by atoms with Gasteiger partial charge in [0, 0.05) is 17.5 Å². The fourth-order valence-electron chi connectivity index (χ4n) is 3.64. The topological polar surface area (TPSA) is 123 Å². The molecule has 1 aliphatic rings. The Morgan fingerprint density at radius 2 is 1.94 bits per heavy atom. The minimum Gasteiger partial charge on any atom is -0.489 e. The molecule has 2 amide bonds. The Morgan fingerprint density at radius 1 is 1.23 bits per heavy atom. The van der Waals surface area contributed by atoms with Crippen molar-refractivity contribution in [2.75, 3.05) is 18.1 Å². The van der Waals surface area contributed by atoms with Gasteiger partial charge in [0.05, 0.1) is 17.9 Å². The van der Waals surface area contributed by atoms with Crippen molar-refractivity contribution in [1.82, 2.24) is 5.32 Å². The SMILES string of the molecule is CC/C=C(/N=C(\C=C(/C)N[C@@H](C)C(N)=O)C(N)=O)c1ccc(N2CCOc3cc(F)ccc32)cc1. The van der Waals surface area contributed by atoms with E-state index in [0.717, 1.165) is 16.9 Å². The van der Waals surface area contributed by atoms with Crippen LogP contribution in [0.25, 0.3) is 5.70 Å². The highest BCUT2D eigenvalue weighted by Gasteiger charge is 2.20. The van der Waals surface area contributed by atoms with Gasteiger partial charge in [-0.15, -0.1) is 0 Å². The van der Waals surface area contributed by atoms with Crippen LogP contribution in [0.15, 0.2) is 65.3 Å². The van der Waals surface area contributed by atoms with Crippen molar-refractivity contribution in [3.63, 3.8) is 0 Å². The molecule has 3 rings (SSSR count). The molecule has 1 atom stereocenters. The van der Waals surface area contributed by atoms with E-state index in [9.17, 15) is 14.0 Å². The summed E-state index contributed by atoms with van der Waals surface area (Å²) >= 11 is 0. The number of nitrogens with two attached hydrogens (primary N) is 2. The minimum absolute atomic E-state index is 0.0413. The molecule has 2 aromatic rings. The van der Waals surface area contributed by atoms with Gasteiger partial charge in [-0.1, -0.05) is 25.1 Å². The summed E-state index contributed by atoms with van der Waals surface area (Å²) in [6.45, 7) is 6.35. The highest BCUT2D eigenvalue weighted by Crippen LogP contribution is 2.37. The van der Waals surface area contributed by atoms with E-state index in [0.29, 0.717) is 36.7 Å². The molecule has 184 valence electrons. The zero-order chi connectivity index (χ0) is 25.5. The Bertz CT molecular complexity index is 1190. The summed E-state index contributed by atoms with van der Waals surface area (Å²) in [5.74, 6) is -1.06. The number of carbonyl (C=O) groups excluding carboxylic acids is 2. The van der Waals surface area contributed by atoms with Crippen LogP contribution in [0.4, 0.5) is 15.8 Å². The number of anilines is 2. The number of nitrogens with zero attached hydrogens (tertiary/aromatic N) is 2. The van der Waals surface area contributed by atoms with Crippen LogP contribution in [0.3, 0.4) is 0 Å². The number of carbonyl (C=O) groups is 2. The predicted octanol–water partition coefficient (Wildman–Crippen LogP) is 3.40. The zero-order valence-electron chi connectivity index (χ0n) is 20.0. The second-order valence-corrected chi connectivity index (χ2v) is 8.11. The molecule has 1 heterocycles. The van der Waals surface area contributed by atoms with Crippen LogP contribution < -0.4 is 26.4 Å². The quantitative estimate of drug-likeness (QED) is 0.476. The Morgan fingerprint density at radius 3 is 2.57 bits per heavy atom. The Labute approximate surface area is 204 Å². The van der Waals surface area contributed by atoms with Crippen LogP contribution >= 0.6 is 0 Å². The zero-order valence-corrected chi connectivity index (χ0v) is 20.0. The second-order valence-electron chi connectivity index (χ2n) is 8.11. The van der Waals surface area contributed by atoms with E-state index in [-0.39, 0.29) is 11.5 Å². The standard InChI is InChI=1S/C26H30FN5O3/c1-4-5-21(31-22(26(29)34)14-16(2)30-17(3)25(28)33)18-6-9-20(10-7-18)32-12-13-35-24-15-19(27)8-11-23(24)32/h5-11,14-15,17,30H,4,12-13H2,1-3H3,(H2,28,33)(H2,29,34)/b16-14+,21-5+,31-22+/t17-/m0/s1. The number of hydrogen-bond acceptors (Lipinski definition) is 6. The summed E-state index contributed by atoms with van der Waals surface area (Å²) in [6.07, 6.45) is 4.07. The van der Waals surface area contributed by atoms with Crippen molar-refractivity contribution in [2.45, 2.75) is 33.2 Å². The van der Waals surface area contributed by atoms with Crippen LogP contribution in [0.5, 0.6) is 5.75 Å². The maximum absolute atomic E-state index is 13.6. The third-order valence-electron chi connectivity index (χ3n) is 5.37. The molecule has 0 unspecified atom stereocenters. The average Bonchev–Trinajstić information content (AvgIpc) is 2.82. The molecule has 0 spiro atoms. The Hall–Kier alpha value is -4.14. The number of nitrogens with one attached hydrogen (secondary N) is 1. The smallest absolute Gasteiger partial charge is 0.267 e. The largest absolute Gasteiger partial charge is 0.489 e. The summed E-state index contributed by atoms with van der Waals surface area (Å²) in [4.78, 5) is 30.0. The summed E-state index contributed by atoms with van der Waals surface area (Å²) < 4.78 is 19.2. The molecule has 8 nitrogen and oxygen atoms in total. The highest BCUT2D eigenvalue weighted by atomic mass is 19.1. The molecular weight excluding hydrogens is 449 g/mol. The molecule has 1 aliphatic heterocycles. The van der Waals surface area contributed by atoms with E-state index in [1.807, 2.05) is 37.3 Å². The lowest BCUT2D eigenvalue weighted by molar-refractivity contribution is -0.119. The number of primary amides is 2. The maximum atomic E-state index is 13.6. The molecule has 0 saturated heterocycles. The first kappa shape index (κ1) is 25.5. The van der Waals surface area contributed by atoms with Crippen molar-refractivity contribution in [3.05, 3.63) is 71.7 Å².